The van der Waals surface area contributed by atoms with E-state index in [2.05, 4.69) is 13.0 Å². The van der Waals surface area contributed by atoms with E-state index in [0.29, 0.717) is 32.8 Å². The SMILES string of the molecule is CCCc1ccc(C(=O)/C(C#N)=c2\s/c(=C\c3ccc(C)s3)c(=O)n2-c2ccc(OCC)cc2)cc1. The van der Waals surface area contributed by atoms with Gasteiger partial charge in [-0.3, -0.25) is 14.2 Å². The first-order valence-corrected chi connectivity index (χ1v) is 13.4. The Morgan fingerprint density at radius 3 is 2.33 bits per heavy atom. The van der Waals surface area contributed by atoms with Gasteiger partial charge in [0, 0.05) is 15.3 Å². The van der Waals surface area contributed by atoms with Crippen molar-refractivity contribution in [2.75, 3.05) is 6.61 Å². The van der Waals surface area contributed by atoms with Crippen LogP contribution >= 0.6 is 22.7 Å². The first kappa shape index (κ1) is 25.4. The summed E-state index contributed by atoms with van der Waals surface area (Å²) in [6.07, 6.45) is 3.75. The van der Waals surface area contributed by atoms with E-state index in [0.717, 1.165) is 39.5 Å². The summed E-state index contributed by atoms with van der Waals surface area (Å²) in [6, 6.07) is 20.4. The molecule has 4 rings (SSSR count). The van der Waals surface area contributed by atoms with Gasteiger partial charge in [-0.1, -0.05) is 37.6 Å². The van der Waals surface area contributed by atoms with Crippen molar-refractivity contribution < 1.29 is 9.53 Å². The first-order chi connectivity index (χ1) is 17.4. The van der Waals surface area contributed by atoms with Gasteiger partial charge >= 0.3 is 0 Å². The third kappa shape index (κ3) is 5.40. The molecule has 0 amide bonds. The van der Waals surface area contributed by atoms with Gasteiger partial charge in [0.1, 0.15) is 22.1 Å². The molecule has 0 bridgehead atoms. The molecule has 0 unspecified atom stereocenters. The van der Waals surface area contributed by atoms with Gasteiger partial charge in [-0.25, -0.2) is 0 Å². The number of ketones is 1. The number of carbonyl (C=O) groups is 1. The topological polar surface area (TPSA) is 72.1 Å². The maximum Gasteiger partial charge on any atom is 0.273 e. The van der Waals surface area contributed by atoms with Crippen molar-refractivity contribution in [3.63, 3.8) is 0 Å². The number of aromatic nitrogens is 1. The highest BCUT2D eigenvalue weighted by Gasteiger charge is 2.19. The normalized spacial score (nSPS) is 12.3. The number of nitrogens with zero attached hydrogens (tertiary/aromatic N) is 2. The lowest BCUT2D eigenvalue weighted by molar-refractivity contribution is 0.105. The zero-order valence-electron chi connectivity index (χ0n) is 20.4. The first-order valence-electron chi connectivity index (χ1n) is 11.8. The number of hydrogen-bond acceptors (Lipinski definition) is 6. The Balaban J connectivity index is 1.94. The zero-order valence-corrected chi connectivity index (χ0v) is 22.0. The van der Waals surface area contributed by atoms with Gasteiger partial charge in [0.15, 0.2) is 0 Å². The van der Waals surface area contributed by atoms with Crippen molar-refractivity contribution in [1.82, 2.24) is 4.57 Å². The number of aryl methyl sites for hydroxylation is 2. The average Bonchev–Trinajstić information content (AvgIpc) is 3.43. The molecule has 0 aliphatic carbocycles. The van der Waals surface area contributed by atoms with Crippen LogP contribution in [0.5, 0.6) is 5.75 Å². The minimum absolute atomic E-state index is 0.0590. The van der Waals surface area contributed by atoms with E-state index < -0.39 is 5.78 Å². The Morgan fingerprint density at radius 2 is 1.75 bits per heavy atom. The molecule has 7 heteroatoms. The molecule has 5 nitrogen and oxygen atoms in total. The largest absolute Gasteiger partial charge is 0.494 e. The quantitative estimate of drug-likeness (QED) is 0.310. The lowest BCUT2D eigenvalue weighted by Crippen LogP contribution is -2.31. The molecule has 0 atom stereocenters. The van der Waals surface area contributed by atoms with Gasteiger partial charge in [0.2, 0.25) is 5.78 Å². The number of benzene rings is 2. The summed E-state index contributed by atoms with van der Waals surface area (Å²) >= 11 is 2.74. The average molecular weight is 515 g/mol. The second-order valence-electron chi connectivity index (χ2n) is 8.19. The molecule has 36 heavy (non-hydrogen) atoms. The van der Waals surface area contributed by atoms with E-state index >= 15 is 0 Å². The molecule has 0 spiro atoms. The fraction of sp³-hybridized carbons (Fsp3) is 0.207. The number of nitriles is 1. The fourth-order valence-corrected chi connectivity index (χ4v) is 5.84. The Bertz CT molecular complexity index is 1600. The van der Waals surface area contributed by atoms with E-state index in [1.54, 1.807) is 47.7 Å². The van der Waals surface area contributed by atoms with E-state index in [4.69, 9.17) is 4.74 Å². The fourth-order valence-electron chi connectivity index (χ4n) is 3.85. The molecule has 0 aliphatic rings. The summed E-state index contributed by atoms with van der Waals surface area (Å²) in [6.45, 7) is 6.54. The van der Waals surface area contributed by atoms with E-state index in [1.165, 1.54) is 4.57 Å². The Morgan fingerprint density at radius 1 is 1.03 bits per heavy atom. The molecule has 2 aromatic heterocycles. The number of rotatable bonds is 8. The molecule has 182 valence electrons. The van der Waals surface area contributed by atoms with Gasteiger partial charge < -0.3 is 4.74 Å². The highest BCUT2D eigenvalue weighted by atomic mass is 32.1. The second-order valence-corrected chi connectivity index (χ2v) is 10.5. The molecular formula is C29H26N2O3S2. The summed E-state index contributed by atoms with van der Waals surface area (Å²) in [5.74, 6) is 0.277. The minimum atomic E-state index is -0.403. The monoisotopic (exact) mass is 514 g/mol. The van der Waals surface area contributed by atoms with Crippen molar-refractivity contribution >= 4 is 40.1 Å². The summed E-state index contributed by atoms with van der Waals surface area (Å²) in [5.41, 5.74) is 1.79. The van der Waals surface area contributed by atoms with Crippen LogP contribution < -0.4 is 19.5 Å². The van der Waals surface area contributed by atoms with E-state index in [1.807, 2.05) is 44.2 Å². The smallest absolute Gasteiger partial charge is 0.273 e. The van der Waals surface area contributed by atoms with Gasteiger partial charge in [-0.05, 0) is 68.3 Å². The molecule has 0 saturated carbocycles. The zero-order chi connectivity index (χ0) is 25.7. The molecule has 0 saturated heterocycles. The molecule has 2 aromatic carbocycles. The standard InChI is InChI=1S/C29H26N2O3S2/c1-4-6-20-8-10-21(11-9-20)27(32)25(18-30)29-31(22-12-14-23(15-13-22)34-5-2)28(33)26(36-29)17-24-16-7-19(3)35-24/h7-17H,4-6H2,1-3H3/b26-17-,29-25-. The summed E-state index contributed by atoms with van der Waals surface area (Å²) < 4.78 is 7.76. The van der Waals surface area contributed by atoms with Crippen molar-refractivity contribution in [2.24, 2.45) is 0 Å². The molecule has 2 heterocycles. The predicted molar refractivity (Wildman–Crippen MR) is 147 cm³/mol. The molecular weight excluding hydrogens is 488 g/mol. The lowest BCUT2D eigenvalue weighted by atomic mass is 10.0. The van der Waals surface area contributed by atoms with Gasteiger partial charge in [0.25, 0.3) is 5.56 Å². The molecule has 0 aliphatic heterocycles. The van der Waals surface area contributed by atoms with Gasteiger partial charge in [-0.15, -0.1) is 22.7 Å². The predicted octanol–water partition coefficient (Wildman–Crippen LogP) is 5.01. The Kier molecular flexibility index (Phi) is 7.99. The van der Waals surface area contributed by atoms with Crippen molar-refractivity contribution in [1.29, 1.82) is 5.26 Å². The Hall–Kier alpha value is -3.73. The van der Waals surface area contributed by atoms with Crippen LogP contribution in [0.25, 0.3) is 17.3 Å². The van der Waals surface area contributed by atoms with Gasteiger partial charge in [-0.2, -0.15) is 5.26 Å². The van der Waals surface area contributed by atoms with Crippen LogP contribution in [0.2, 0.25) is 0 Å². The van der Waals surface area contributed by atoms with E-state index in [-0.39, 0.29) is 11.1 Å². The second kappa shape index (κ2) is 11.3. The summed E-state index contributed by atoms with van der Waals surface area (Å²) in [5, 5.41) is 10.1. The van der Waals surface area contributed by atoms with E-state index in [9.17, 15) is 14.9 Å². The lowest BCUT2D eigenvalue weighted by Gasteiger charge is -2.07. The molecule has 4 aromatic rings. The van der Waals surface area contributed by atoms with Crippen molar-refractivity contribution in [2.45, 2.75) is 33.6 Å². The number of thiazole rings is 1. The third-order valence-corrected chi connectivity index (χ3v) is 7.61. The third-order valence-electron chi connectivity index (χ3n) is 5.57. The number of hydrogen-bond donors (Lipinski definition) is 0. The van der Waals surface area contributed by atoms with Crippen LogP contribution in [-0.4, -0.2) is 17.0 Å². The van der Waals surface area contributed by atoms with Crippen LogP contribution in [0, 0.1) is 18.3 Å². The van der Waals surface area contributed by atoms with Crippen LogP contribution in [0.15, 0.2) is 65.5 Å². The maximum absolute atomic E-state index is 13.6. The number of carbonyl (C=O) groups excluding carboxylic acids is 1. The minimum Gasteiger partial charge on any atom is -0.494 e. The van der Waals surface area contributed by atoms with Crippen molar-refractivity contribution in [3.05, 3.63) is 101 Å². The maximum atomic E-state index is 13.6. The van der Waals surface area contributed by atoms with Crippen LogP contribution in [0.3, 0.4) is 0 Å². The number of Topliss-reactive ketones (excluding diaryl/α,β-unsaturated/α-hetero) is 1. The van der Waals surface area contributed by atoms with Crippen LogP contribution in [0.1, 0.15) is 45.9 Å². The number of thiophene rings is 1. The molecule has 0 N–H and O–H groups in total. The summed E-state index contributed by atoms with van der Waals surface area (Å²) in [4.78, 5) is 29.1. The highest BCUT2D eigenvalue weighted by Crippen LogP contribution is 2.17. The van der Waals surface area contributed by atoms with Crippen LogP contribution in [-0.2, 0) is 6.42 Å². The molecule has 0 radical (unpaired) electrons. The van der Waals surface area contributed by atoms with Crippen LogP contribution in [0.4, 0.5) is 0 Å². The van der Waals surface area contributed by atoms with Gasteiger partial charge in [0.05, 0.1) is 16.8 Å². The molecule has 0 fully saturated rings. The summed E-state index contributed by atoms with van der Waals surface area (Å²) in [7, 11) is 0. The van der Waals surface area contributed by atoms with Crippen molar-refractivity contribution in [3.8, 4) is 17.5 Å². The highest BCUT2D eigenvalue weighted by molar-refractivity contribution is 7.13. The number of ether oxygens (including phenoxy) is 1. The Labute approximate surface area is 217 Å².